The summed E-state index contributed by atoms with van der Waals surface area (Å²) in [5.74, 6) is 0.913. The molecule has 4 nitrogen and oxygen atoms in total. The Balaban J connectivity index is 1.96. The Labute approximate surface area is 127 Å². The van der Waals surface area contributed by atoms with E-state index in [2.05, 4.69) is 41.7 Å². The van der Waals surface area contributed by atoms with Crippen molar-refractivity contribution in [1.29, 1.82) is 0 Å². The van der Waals surface area contributed by atoms with E-state index in [-0.39, 0.29) is 6.10 Å². The molecule has 1 N–H and O–H groups in total. The minimum absolute atomic E-state index is 0.242. The van der Waals surface area contributed by atoms with Gasteiger partial charge in [-0.25, -0.2) is 4.98 Å². The first-order valence-corrected chi connectivity index (χ1v) is 7.72. The second kappa shape index (κ2) is 7.72. The molecule has 0 aliphatic rings. The number of anilines is 1. The topological polar surface area (TPSA) is 39.1 Å². The third-order valence-electron chi connectivity index (χ3n) is 3.48. The first-order valence-electron chi connectivity index (χ1n) is 7.72. The lowest BCUT2D eigenvalue weighted by Crippen LogP contribution is -2.10. The second-order valence-electron chi connectivity index (χ2n) is 5.30. The van der Waals surface area contributed by atoms with Gasteiger partial charge in [0, 0.05) is 24.5 Å². The van der Waals surface area contributed by atoms with E-state index in [4.69, 9.17) is 4.74 Å². The summed E-state index contributed by atoms with van der Waals surface area (Å²) in [5, 5.41) is 3.44. The molecule has 0 saturated carbocycles. The summed E-state index contributed by atoms with van der Waals surface area (Å²) >= 11 is 0. The molecule has 0 radical (unpaired) electrons. The fourth-order valence-electron chi connectivity index (χ4n) is 2.13. The lowest BCUT2D eigenvalue weighted by molar-refractivity contribution is 0.217. The fourth-order valence-corrected chi connectivity index (χ4v) is 2.13. The predicted molar refractivity (Wildman–Crippen MR) is 86.7 cm³/mol. The predicted octanol–water partition coefficient (Wildman–Crippen LogP) is 4.08. The third kappa shape index (κ3) is 4.52. The molecule has 0 aliphatic carbocycles. The zero-order chi connectivity index (χ0) is 15.1. The van der Waals surface area contributed by atoms with Crippen LogP contribution in [0.2, 0.25) is 0 Å². The number of hydrogen-bond donors (Lipinski definition) is 1. The molecule has 1 unspecified atom stereocenters. The summed E-state index contributed by atoms with van der Waals surface area (Å²) in [6.45, 7) is 8.17. The van der Waals surface area contributed by atoms with Gasteiger partial charge >= 0.3 is 0 Å². The molecule has 114 valence electrons. The highest BCUT2D eigenvalue weighted by Gasteiger charge is 2.04. The molecule has 4 heteroatoms. The highest BCUT2D eigenvalue weighted by Crippen LogP contribution is 2.19. The molecule has 21 heavy (non-hydrogen) atoms. The van der Waals surface area contributed by atoms with Crippen LogP contribution in [0, 0.1) is 0 Å². The van der Waals surface area contributed by atoms with Crippen molar-refractivity contribution >= 4 is 5.69 Å². The van der Waals surface area contributed by atoms with Gasteiger partial charge in [0.05, 0.1) is 24.7 Å². The number of aromatic nitrogens is 2. The molecular weight excluding hydrogens is 262 g/mol. The molecule has 1 aromatic carbocycles. The van der Waals surface area contributed by atoms with Crippen molar-refractivity contribution < 1.29 is 4.74 Å². The van der Waals surface area contributed by atoms with Gasteiger partial charge in [-0.1, -0.05) is 19.9 Å². The maximum atomic E-state index is 5.85. The highest BCUT2D eigenvalue weighted by atomic mass is 16.5. The van der Waals surface area contributed by atoms with Gasteiger partial charge in [0.2, 0.25) is 0 Å². The first-order chi connectivity index (χ1) is 10.2. The molecule has 0 spiro atoms. The number of nitrogens with one attached hydrogen (secondary N) is 1. The van der Waals surface area contributed by atoms with Gasteiger partial charge in [-0.15, -0.1) is 0 Å². The number of imidazole rings is 1. The summed E-state index contributed by atoms with van der Waals surface area (Å²) in [6.07, 6.45) is 6.17. The molecule has 1 heterocycles. The Morgan fingerprint density at radius 1 is 1.33 bits per heavy atom. The lowest BCUT2D eigenvalue weighted by Gasteiger charge is -2.14. The number of hydrogen-bond acceptors (Lipinski definition) is 3. The molecule has 2 aromatic rings. The summed E-state index contributed by atoms with van der Waals surface area (Å²) in [4.78, 5) is 4.22. The largest absolute Gasteiger partial charge is 0.491 e. The molecule has 2 rings (SSSR count). The Morgan fingerprint density at radius 3 is 2.95 bits per heavy atom. The average Bonchev–Trinajstić information content (AvgIpc) is 2.93. The maximum absolute atomic E-state index is 5.85. The van der Waals surface area contributed by atoms with E-state index in [1.54, 1.807) is 0 Å². The van der Waals surface area contributed by atoms with Crippen molar-refractivity contribution in [2.75, 3.05) is 5.32 Å². The van der Waals surface area contributed by atoms with E-state index in [0.29, 0.717) is 0 Å². The SMILES string of the molecule is CCCn1cncc1CNc1cccc(OC(C)CC)c1. The van der Waals surface area contributed by atoms with E-state index in [1.807, 2.05) is 30.7 Å². The molecule has 1 aromatic heterocycles. The van der Waals surface area contributed by atoms with Crippen molar-refractivity contribution in [1.82, 2.24) is 9.55 Å². The standard InChI is InChI=1S/C17H25N3O/c1-4-9-20-13-18-11-16(20)12-19-15-7-6-8-17(10-15)21-14(3)5-2/h6-8,10-11,13-14,19H,4-5,9,12H2,1-3H3. The van der Waals surface area contributed by atoms with E-state index >= 15 is 0 Å². The van der Waals surface area contributed by atoms with Crippen LogP contribution in [0.15, 0.2) is 36.8 Å². The molecule has 0 saturated heterocycles. The summed E-state index contributed by atoms with van der Waals surface area (Å²) in [6, 6.07) is 8.12. The van der Waals surface area contributed by atoms with Crippen molar-refractivity contribution in [3.05, 3.63) is 42.5 Å². The van der Waals surface area contributed by atoms with Crippen molar-refractivity contribution in [3.8, 4) is 5.75 Å². The molecular formula is C17H25N3O. The summed E-state index contributed by atoms with van der Waals surface area (Å²) in [5.41, 5.74) is 2.27. The Bertz CT molecular complexity index is 550. The highest BCUT2D eigenvalue weighted by molar-refractivity contribution is 5.48. The number of ether oxygens (including phenoxy) is 1. The number of nitrogens with zero attached hydrogens (tertiary/aromatic N) is 2. The Morgan fingerprint density at radius 2 is 2.19 bits per heavy atom. The van der Waals surface area contributed by atoms with Crippen LogP contribution in [-0.4, -0.2) is 15.7 Å². The van der Waals surface area contributed by atoms with E-state index in [0.717, 1.165) is 37.4 Å². The van der Waals surface area contributed by atoms with Gasteiger partial charge in [-0.2, -0.15) is 0 Å². The van der Waals surface area contributed by atoms with E-state index in [9.17, 15) is 0 Å². The smallest absolute Gasteiger partial charge is 0.121 e. The van der Waals surface area contributed by atoms with Crippen LogP contribution >= 0.6 is 0 Å². The van der Waals surface area contributed by atoms with Crippen molar-refractivity contribution in [2.45, 2.75) is 52.8 Å². The Kier molecular flexibility index (Phi) is 5.67. The van der Waals surface area contributed by atoms with Crippen LogP contribution in [0.5, 0.6) is 5.75 Å². The van der Waals surface area contributed by atoms with Gasteiger partial charge in [-0.3, -0.25) is 0 Å². The average molecular weight is 287 g/mol. The van der Waals surface area contributed by atoms with Crippen LogP contribution in [-0.2, 0) is 13.1 Å². The van der Waals surface area contributed by atoms with Crippen LogP contribution in [0.4, 0.5) is 5.69 Å². The zero-order valence-corrected chi connectivity index (χ0v) is 13.2. The Hall–Kier alpha value is -1.97. The fraction of sp³-hybridized carbons (Fsp3) is 0.471. The summed E-state index contributed by atoms with van der Waals surface area (Å²) < 4.78 is 8.03. The molecule has 0 aliphatic heterocycles. The molecule has 1 atom stereocenters. The van der Waals surface area contributed by atoms with Crippen molar-refractivity contribution in [2.24, 2.45) is 0 Å². The molecule has 0 amide bonds. The minimum Gasteiger partial charge on any atom is -0.491 e. The van der Waals surface area contributed by atoms with Gasteiger partial charge in [-0.05, 0) is 31.9 Å². The van der Waals surface area contributed by atoms with Gasteiger partial charge in [0.1, 0.15) is 5.75 Å². The second-order valence-corrected chi connectivity index (χ2v) is 5.30. The monoisotopic (exact) mass is 287 g/mol. The van der Waals surface area contributed by atoms with Gasteiger partial charge < -0.3 is 14.6 Å². The summed E-state index contributed by atoms with van der Waals surface area (Å²) in [7, 11) is 0. The third-order valence-corrected chi connectivity index (χ3v) is 3.48. The van der Waals surface area contributed by atoms with Crippen molar-refractivity contribution in [3.63, 3.8) is 0 Å². The van der Waals surface area contributed by atoms with E-state index in [1.165, 1.54) is 5.69 Å². The first kappa shape index (κ1) is 15.4. The molecule has 0 fully saturated rings. The number of rotatable bonds is 8. The van der Waals surface area contributed by atoms with Crippen LogP contribution in [0.3, 0.4) is 0 Å². The number of benzene rings is 1. The zero-order valence-electron chi connectivity index (χ0n) is 13.2. The van der Waals surface area contributed by atoms with Crippen LogP contribution < -0.4 is 10.1 Å². The normalized spacial score (nSPS) is 12.1. The quantitative estimate of drug-likeness (QED) is 0.795. The van der Waals surface area contributed by atoms with Gasteiger partial charge in [0.15, 0.2) is 0 Å². The van der Waals surface area contributed by atoms with Gasteiger partial charge in [0.25, 0.3) is 0 Å². The molecule has 0 bridgehead atoms. The minimum atomic E-state index is 0.242. The maximum Gasteiger partial charge on any atom is 0.121 e. The lowest BCUT2D eigenvalue weighted by atomic mass is 10.2. The van der Waals surface area contributed by atoms with Crippen LogP contribution in [0.25, 0.3) is 0 Å². The van der Waals surface area contributed by atoms with Crippen LogP contribution in [0.1, 0.15) is 39.3 Å². The number of aryl methyl sites for hydroxylation is 1. The van der Waals surface area contributed by atoms with E-state index < -0.39 is 0 Å².